The van der Waals surface area contributed by atoms with E-state index in [1.165, 1.54) is 0 Å². The summed E-state index contributed by atoms with van der Waals surface area (Å²) in [4.78, 5) is 4.83. The van der Waals surface area contributed by atoms with E-state index in [1.54, 1.807) is 14.2 Å². The zero-order valence-electron chi connectivity index (χ0n) is 7.26. The van der Waals surface area contributed by atoms with E-state index in [4.69, 9.17) is 14.3 Å². The lowest BCUT2D eigenvalue weighted by Crippen LogP contribution is -2.13. The van der Waals surface area contributed by atoms with Gasteiger partial charge in [0.05, 0.1) is 13.2 Å². The Kier molecular flexibility index (Phi) is 9.70. The van der Waals surface area contributed by atoms with Crippen molar-refractivity contribution in [3.8, 4) is 0 Å². The molecule has 1 N–H and O–H groups in total. The lowest BCUT2D eigenvalue weighted by molar-refractivity contribution is 0.00213. The normalized spacial score (nSPS) is 10.4. The molecule has 0 aliphatic heterocycles. The fraction of sp³-hybridized carbons (Fsp3) is 1.00. The minimum absolute atomic E-state index is 0.587. The third kappa shape index (κ3) is 9.84. The van der Waals surface area contributed by atoms with E-state index in [0.29, 0.717) is 13.2 Å². The second-order valence-electron chi connectivity index (χ2n) is 2.01. The summed E-state index contributed by atoms with van der Waals surface area (Å²) in [7, 11) is 3.41. The van der Waals surface area contributed by atoms with Crippen molar-refractivity contribution in [1.82, 2.24) is 5.48 Å². The predicted octanol–water partition coefficient (Wildman–Crippen LogP) is 0.190. The Morgan fingerprint density at radius 1 is 1.09 bits per heavy atom. The second-order valence-corrected chi connectivity index (χ2v) is 2.01. The monoisotopic (exact) mass is 163 g/mol. The summed E-state index contributed by atoms with van der Waals surface area (Å²) in [6.45, 7) is 2.71. The van der Waals surface area contributed by atoms with Crippen molar-refractivity contribution in [2.24, 2.45) is 0 Å². The average molecular weight is 163 g/mol. The van der Waals surface area contributed by atoms with Crippen LogP contribution in [0.15, 0.2) is 0 Å². The van der Waals surface area contributed by atoms with Gasteiger partial charge in [-0.05, 0) is 6.42 Å². The van der Waals surface area contributed by atoms with E-state index in [9.17, 15) is 0 Å². The molecular formula is C7H17NO3. The van der Waals surface area contributed by atoms with Crippen LogP contribution in [0.2, 0.25) is 0 Å². The molecule has 0 aromatic rings. The van der Waals surface area contributed by atoms with Gasteiger partial charge in [0.15, 0.2) is 0 Å². The highest BCUT2D eigenvalue weighted by atomic mass is 16.7. The van der Waals surface area contributed by atoms with Gasteiger partial charge in [-0.15, -0.1) is 0 Å². The van der Waals surface area contributed by atoms with Gasteiger partial charge in [0.1, 0.15) is 0 Å². The summed E-state index contributed by atoms with van der Waals surface area (Å²) in [5.41, 5.74) is 2.57. The van der Waals surface area contributed by atoms with Crippen LogP contribution in [0.3, 0.4) is 0 Å². The number of hydrogen-bond donors (Lipinski definition) is 1. The Morgan fingerprint density at radius 2 is 1.91 bits per heavy atom. The molecule has 0 amide bonds. The molecule has 68 valence electrons. The Labute approximate surface area is 67.8 Å². The fourth-order valence-electron chi connectivity index (χ4n) is 0.610. The topological polar surface area (TPSA) is 39.7 Å². The van der Waals surface area contributed by atoms with Crippen LogP contribution in [0.1, 0.15) is 6.42 Å². The molecule has 4 heteroatoms. The number of methoxy groups -OCH3 is 1. The molecular weight excluding hydrogens is 146 g/mol. The smallest absolute Gasteiger partial charge is 0.0915 e. The molecule has 0 saturated heterocycles. The van der Waals surface area contributed by atoms with Crippen molar-refractivity contribution in [2.45, 2.75) is 6.42 Å². The van der Waals surface area contributed by atoms with Gasteiger partial charge in [-0.25, -0.2) is 5.48 Å². The molecule has 0 aromatic carbocycles. The highest BCUT2D eigenvalue weighted by Crippen LogP contribution is 1.82. The lowest BCUT2D eigenvalue weighted by Gasteiger charge is -2.03. The highest BCUT2D eigenvalue weighted by Gasteiger charge is 1.87. The maximum Gasteiger partial charge on any atom is 0.0915 e. The van der Waals surface area contributed by atoms with Crippen molar-refractivity contribution in [3.63, 3.8) is 0 Å². The van der Waals surface area contributed by atoms with E-state index in [2.05, 4.69) is 5.48 Å². The van der Waals surface area contributed by atoms with Crippen LogP contribution in [0, 0.1) is 0 Å². The first-order valence-corrected chi connectivity index (χ1v) is 3.77. The molecule has 0 saturated carbocycles. The van der Waals surface area contributed by atoms with Gasteiger partial charge in [0.25, 0.3) is 0 Å². The Morgan fingerprint density at radius 3 is 2.55 bits per heavy atom. The molecule has 0 heterocycles. The second kappa shape index (κ2) is 9.84. The summed E-state index contributed by atoms with van der Waals surface area (Å²) < 4.78 is 10.0. The van der Waals surface area contributed by atoms with Gasteiger partial charge in [0, 0.05) is 27.4 Å². The summed E-state index contributed by atoms with van der Waals surface area (Å²) in [5, 5.41) is 0. The van der Waals surface area contributed by atoms with E-state index in [-0.39, 0.29) is 0 Å². The van der Waals surface area contributed by atoms with Crippen LogP contribution in [0.4, 0.5) is 0 Å². The summed E-state index contributed by atoms with van der Waals surface area (Å²) in [6.07, 6.45) is 0.941. The first-order chi connectivity index (χ1) is 5.41. The number of hydrogen-bond acceptors (Lipinski definition) is 4. The molecule has 0 bridgehead atoms. The Hall–Kier alpha value is -0.160. The lowest BCUT2D eigenvalue weighted by atomic mass is 10.5. The van der Waals surface area contributed by atoms with Crippen LogP contribution in [-0.2, 0) is 14.3 Å². The van der Waals surface area contributed by atoms with Crippen LogP contribution in [0.5, 0.6) is 0 Å². The van der Waals surface area contributed by atoms with Crippen LogP contribution >= 0.6 is 0 Å². The zero-order chi connectivity index (χ0) is 8.36. The molecule has 0 spiro atoms. The van der Waals surface area contributed by atoms with Crippen molar-refractivity contribution in [3.05, 3.63) is 0 Å². The third-order valence-corrected chi connectivity index (χ3v) is 1.11. The molecule has 0 fully saturated rings. The van der Waals surface area contributed by atoms with Gasteiger partial charge < -0.3 is 9.47 Å². The van der Waals surface area contributed by atoms with Gasteiger partial charge in [-0.3, -0.25) is 4.84 Å². The van der Waals surface area contributed by atoms with E-state index in [1.807, 2.05) is 0 Å². The zero-order valence-corrected chi connectivity index (χ0v) is 7.26. The van der Waals surface area contributed by atoms with Gasteiger partial charge >= 0.3 is 0 Å². The minimum atomic E-state index is 0.587. The van der Waals surface area contributed by atoms with Crippen molar-refractivity contribution >= 4 is 0 Å². The molecule has 0 atom stereocenters. The molecule has 0 unspecified atom stereocenters. The van der Waals surface area contributed by atoms with Gasteiger partial charge in [-0.2, -0.15) is 0 Å². The molecule has 0 radical (unpaired) electrons. The Bertz CT molecular complexity index is 62.7. The number of nitrogens with one attached hydrogen (secondary N) is 1. The summed E-state index contributed by atoms with van der Waals surface area (Å²) >= 11 is 0. The molecule has 0 aromatic heterocycles. The number of ether oxygens (including phenoxy) is 2. The summed E-state index contributed by atoms with van der Waals surface area (Å²) in [5.74, 6) is 0. The Balaban J connectivity index is 2.69. The molecule has 11 heavy (non-hydrogen) atoms. The largest absolute Gasteiger partial charge is 0.385 e. The SMILES string of the molecule is CNOCCOCCCOC. The van der Waals surface area contributed by atoms with Crippen molar-refractivity contribution < 1.29 is 14.3 Å². The molecule has 0 aliphatic rings. The minimum Gasteiger partial charge on any atom is -0.385 e. The summed E-state index contributed by atoms with van der Waals surface area (Å²) in [6, 6.07) is 0. The first-order valence-electron chi connectivity index (χ1n) is 3.77. The van der Waals surface area contributed by atoms with Gasteiger partial charge in [-0.1, -0.05) is 0 Å². The van der Waals surface area contributed by atoms with E-state index in [0.717, 1.165) is 19.6 Å². The molecule has 0 aliphatic carbocycles. The van der Waals surface area contributed by atoms with E-state index >= 15 is 0 Å². The number of hydroxylamine groups is 1. The fourth-order valence-corrected chi connectivity index (χ4v) is 0.610. The average Bonchev–Trinajstić information content (AvgIpc) is 2.03. The van der Waals surface area contributed by atoms with Crippen molar-refractivity contribution in [2.75, 3.05) is 40.6 Å². The van der Waals surface area contributed by atoms with Crippen LogP contribution < -0.4 is 5.48 Å². The number of rotatable bonds is 8. The maximum atomic E-state index is 5.19. The van der Waals surface area contributed by atoms with Crippen LogP contribution in [-0.4, -0.2) is 40.6 Å². The van der Waals surface area contributed by atoms with Crippen molar-refractivity contribution in [1.29, 1.82) is 0 Å². The van der Waals surface area contributed by atoms with E-state index < -0.39 is 0 Å². The predicted molar refractivity (Wildman–Crippen MR) is 42.3 cm³/mol. The van der Waals surface area contributed by atoms with Gasteiger partial charge in [0.2, 0.25) is 0 Å². The quantitative estimate of drug-likeness (QED) is 0.409. The third-order valence-electron chi connectivity index (χ3n) is 1.11. The standard InChI is InChI=1S/C7H17NO3/c1-8-11-7-6-10-5-3-4-9-2/h8H,3-7H2,1-2H3. The molecule has 4 nitrogen and oxygen atoms in total. The molecule has 0 rings (SSSR count). The highest BCUT2D eigenvalue weighted by molar-refractivity contribution is 4.33. The maximum absolute atomic E-state index is 5.19. The van der Waals surface area contributed by atoms with Crippen LogP contribution in [0.25, 0.3) is 0 Å². The first kappa shape index (κ1) is 10.8.